The number of alkyl halides is 1. The summed E-state index contributed by atoms with van der Waals surface area (Å²) in [7, 11) is 0. The summed E-state index contributed by atoms with van der Waals surface area (Å²) in [5.41, 5.74) is 2.96. The average Bonchev–Trinajstić information content (AvgIpc) is 2.46. The summed E-state index contributed by atoms with van der Waals surface area (Å²) in [5.74, 6) is 0.0278. The van der Waals surface area contributed by atoms with Gasteiger partial charge in [-0.2, -0.15) is 0 Å². The van der Waals surface area contributed by atoms with E-state index >= 15 is 0 Å². The maximum atomic E-state index is 11.9. The van der Waals surface area contributed by atoms with E-state index in [0.29, 0.717) is 5.56 Å². The highest BCUT2D eigenvalue weighted by molar-refractivity contribution is 9.08. The summed E-state index contributed by atoms with van der Waals surface area (Å²) in [6.07, 6.45) is 3.49. The molecule has 0 heterocycles. The normalized spacial score (nSPS) is 10.7. The van der Waals surface area contributed by atoms with Crippen LogP contribution in [0.15, 0.2) is 60.7 Å². The Balaban J connectivity index is 2.19. The summed E-state index contributed by atoms with van der Waals surface area (Å²) in [5, 5.41) is 0.785. The molecule has 0 spiro atoms. The third-order valence-electron chi connectivity index (χ3n) is 2.67. The lowest BCUT2D eigenvalue weighted by Crippen LogP contribution is -1.93. The largest absolute Gasteiger partial charge is 0.289 e. The van der Waals surface area contributed by atoms with Crippen LogP contribution in [0.25, 0.3) is 6.08 Å². The zero-order chi connectivity index (χ0) is 12.8. The minimum atomic E-state index is 0.0278. The van der Waals surface area contributed by atoms with E-state index in [1.165, 1.54) is 5.56 Å². The molecule has 0 aliphatic heterocycles. The van der Waals surface area contributed by atoms with Gasteiger partial charge >= 0.3 is 0 Å². The van der Waals surface area contributed by atoms with Crippen LogP contribution in [0.1, 0.15) is 21.5 Å². The van der Waals surface area contributed by atoms with Crippen molar-refractivity contribution in [1.29, 1.82) is 0 Å². The fraction of sp³-hybridized carbons (Fsp3) is 0.0625. The fourth-order valence-electron chi connectivity index (χ4n) is 1.68. The Bertz CT molecular complexity index is 558. The van der Waals surface area contributed by atoms with Gasteiger partial charge in [-0.25, -0.2) is 0 Å². The Morgan fingerprint density at radius 1 is 1.00 bits per heavy atom. The van der Waals surface area contributed by atoms with Gasteiger partial charge in [0.15, 0.2) is 5.78 Å². The number of allylic oxidation sites excluding steroid dienone is 1. The van der Waals surface area contributed by atoms with Crippen LogP contribution >= 0.6 is 15.9 Å². The summed E-state index contributed by atoms with van der Waals surface area (Å²) in [6, 6.07) is 17.3. The molecule has 0 aliphatic rings. The molecule has 2 rings (SSSR count). The molecule has 0 atom stereocenters. The van der Waals surface area contributed by atoms with E-state index < -0.39 is 0 Å². The van der Waals surface area contributed by atoms with Gasteiger partial charge in [0, 0.05) is 10.9 Å². The van der Waals surface area contributed by atoms with Crippen LogP contribution in [0.5, 0.6) is 0 Å². The highest BCUT2D eigenvalue weighted by Crippen LogP contribution is 2.14. The Hall–Kier alpha value is -1.67. The molecular weight excluding hydrogens is 288 g/mol. The van der Waals surface area contributed by atoms with Gasteiger partial charge in [-0.05, 0) is 17.2 Å². The maximum Gasteiger partial charge on any atom is 0.185 e. The number of halogens is 1. The van der Waals surface area contributed by atoms with Crippen molar-refractivity contribution >= 4 is 27.8 Å². The maximum absolute atomic E-state index is 11.9. The lowest BCUT2D eigenvalue weighted by Gasteiger charge is -2.01. The molecule has 0 amide bonds. The molecule has 0 bridgehead atoms. The number of rotatable bonds is 4. The van der Waals surface area contributed by atoms with Crippen LogP contribution in [0.4, 0.5) is 0 Å². The monoisotopic (exact) mass is 300 g/mol. The van der Waals surface area contributed by atoms with Gasteiger partial charge in [-0.1, -0.05) is 76.6 Å². The third-order valence-corrected chi connectivity index (χ3v) is 3.28. The average molecular weight is 301 g/mol. The van der Waals surface area contributed by atoms with E-state index in [9.17, 15) is 4.79 Å². The molecule has 0 saturated carbocycles. The molecule has 0 N–H and O–H groups in total. The predicted octanol–water partition coefficient (Wildman–Crippen LogP) is 4.48. The molecule has 0 unspecified atom stereocenters. The highest BCUT2D eigenvalue weighted by atomic mass is 79.9. The summed E-state index contributed by atoms with van der Waals surface area (Å²) < 4.78 is 0. The van der Waals surface area contributed by atoms with Gasteiger partial charge < -0.3 is 0 Å². The molecule has 0 fully saturated rings. The first-order chi connectivity index (χ1) is 8.81. The van der Waals surface area contributed by atoms with Crippen molar-refractivity contribution in [3.63, 3.8) is 0 Å². The molecule has 2 aromatic rings. The predicted molar refractivity (Wildman–Crippen MR) is 78.9 cm³/mol. The number of carbonyl (C=O) groups is 1. The van der Waals surface area contributed by atoms with E-state index in [4.69, 9.17) is 0 Å². The first kappa shape index (κ1) is 12.8. The Morgan fingerprint density at radius 2 is 1.67 bits per heavy atom. The first-order valence-corrected chi connectivity index (χ1v) is 6.85. The van der Waals surface area contributed by atoms with Crippen molar-refractivity contribution < 1.29 is 4.79 Å². The Morgan fingerprint density at radius 3 is 2.39 bits per heavy atom. The summed E-state index contributed by atoms with van der Waals surface area (Å²) in [6.45, 7) is 0. The van der Waals surface area contributed by atoms with Gasteiger partial charge in [-0.3, -0.25) is 4.79 Å². The molecular formula is C16H13BrO. The summed E-state index contributed by atoms with van der Waals surface area (Å²) >= 11 is 3.44. The quantitative estimate of drug-likeness (QED) is 0.462. The SMILES string of the molecule is O=C(C=Cc1ccccc1CBr)c1ccccc1. The second-order valence-electron chi connectivity index (χ2n) is 3.90. The van der Waals surface area contributed by atoms with Crippen molar-refractivity contribution in [1.82, 2.24) is 0 Å². The number of benzene rings is 2. The van der Waals surface area contributed by atoms with Crippen LogP contribution in [-0.2, 0) is 5.33 Å². The molecule has 0 aromatic heterocycles. The second-order valence-corrected chi connectivity index (χ2v) is 4.46. The number of hydrogen-bond acceptors (Lipinski definition) is 1. The number of ketones is 1. The van der Waals surface area contributed by atoms with Crippen molar-refractivity contribution in [2.45, 2.75) is 5.33 Å². The zero-order valence-electron chi connectivity index (χ0n) is 9.84. The Labute approximate surface area is 115 Å². The van der Waals surface area contributed by atoms with E-state index in [-0.39, 0.29) is 5.78 Å². The summed E-state index contributed by atoms with van der Waals surface area (Å²) in [4.78, 5) is 11.9. The van der Waals surface area contributed by atoms with Crippen LogP contribution in [0.3, 0.4) is 0 Å². The van der Waals surface area contributed by atoms with Gasteiger partial charge in [0.25, 0.3) is 0 Å². The minimum absolute atomic E-state index is 0.0278. The van der Waals surface area contributed by atoms with Gasteiger partial charge in [0.05, 0.1) is 0 Å². The topological polar surface area (TPSA) is 17.1 Å². The molecule has 0 aliphatic carbocycles. The van der Waals surface area contributed by atoms with Gasteiger partial charge in [0.1, 0.15) is 0 Å². The van der Waals surface area contributed by atoms with Crippen LogP contribution in [0.2, 0.25) is 0 Å². The lowest BCUT2D eigenvalue weighted by atomic mass is 10.1. The highest BCUT2D eigenvalue weighted by Gasteiger charge is 2.01. The van der Waals surface area contributed by atoms with Crippen molar-refractivity contribution in [3.05, 3.63) is 77.4 Å². The lowest BCUT2D eigenvalue weighted by molar-refractivity contribution is 0.104. The van der Waals surface area contributed by atoms with Crippen molar-refractivity contribution in [2.75, 3.05) is 0 Å². The fourth-order valence-corrected chi connectivity index (χ4v) is 2.19. The minimum Gasteiger partial charge on any atom is -0.289 e. The van der Waals surface area contributed by atoms with Crippen molar-refractivity contribution in [2.24, 2.45) is 0 Å². The molecule has 18 heavy (non-hydrogen) atoms. The Kier molecular flexibility index (Phi) is 4.48. The van der Waals surface area contributed by atoms with E-state index in [1.54, 1.807) is 6.08 Å². The standard InChI is InChI=1S/C16H13BrO/c17-12-15-9-5-4-6-13(15)10-11-16(18)14-7-2-1-3-8-14/h1-11H,12H2. The van der Waals surface area contributed by atoms with E-state index in [2.05, 4.69) is 15.9 Å². The molecule has 0 saturated heterocycles. The molecule has 0 radical (unpaired) electrons. The van der Waals surface area contributed by atoms with E-state index in [1.807, 2.05) is 60.7 Å². The molecule has 2 heteroatoms. The second kappa shape index (κ2) is 6.31. The van der Waals surface area contributed by atoms with E-state index in [0.717, 1.165) is 10.9 Å². The smallest absolute Gasteiger partial charge is 0.185 e. The van der Waals surface area contributed by atoms with Crippen LogP contribution < -0.4 is 0 Å². The first-order valence-electron chi connectivity index (χ1n) is 5.72. The van der Waals surface area contributed by atoms with Crippen LogP contribution in [0, 0.1) is 0 Å². The van der Waals surface area contributed by atoms with Crippen molar-refractivity contribution in [3.8, 4) is 0 Å². The molecule has 2 aromatic carbocycles. The molecule has 90 valence electrons. The van der Waals surface area contributed by atoms with Gasteiger partial charge in [0.2, 0.25) is 0 Å². The van der Waals surface area contributed by atoms with Gasteiger partial charge in [-0.15, -0.1) is 0 Å². The molecule has 1 nitrogen and oxygen atoms in total. The zero-order valence-corrected chi connectivity index (χ0v) is 11.4. The number of carbonyl (C=O) groups excluding carboxylic acids is 1. The third kappa shape index (κ3) is 3.17. The van der Waals surface area contributed by atoms with Crippen LogP contribution in [-0.4, -0.2) is 5.78 Å². The number of hydrogen-bond donors (Lipinski definition) is 0.